The zero-order valence-electron chi connectivity index (χ0n) is 24.5. The molecule has 2 aromatic rings. The molecule has 1 amide bonds. The van der Waals surface area contributed by atoms with Crippen LogP contribution < -0.4 is 0 Å². The Morgan fingerprint density at radius 1 is 1.12 bits per heavy atom. The Hall–Kier alpha value is -2.53. The van der Waals surface area contributed by atoms with Crippen molar-refractivity contribution in [3.8, 4) is 0 Å². The highest BCUT2D eigenvalue weighted by atomic mass is 32.2. The Morgan fingerprint density at radius 2 is 1.83 bits per heavy atom. The predicted molar refractivity (Wildman–Crippen MR) is 153 cm³/mol. The lowest BCUT2D eigenvalue weighted by atomic mass is 9.80. The van der Waals surface area contributed by atoms with Gasteiger partial charge >= 0.3 is 6.09 Å². The molecule has 1 saturated heterocycles. The molecule has 0 N–H and O–H groups in total. The molecule has 3 aliphatic rings. The van der Waals surface area contributed by atoms with E-state index in [9.17, 15) is 22.4 Å². The summed E-state index contributed by atoms with van der Waals surface area (Å²) in [5.74, 6) is -0.512. The van der Waals surface area contributed by atoms with Crippen molar-refractivity contribution >= 4 is 32.7 Å². The third-order valence-corrected chi connectivity index (χ3v) is 10.6. The lowest BCUT2D eigenvalue weighted by Crippen LogP contribution is -2.56. The summed E-state index contributed by atoms with van der Waals surface area (Å²) in [6.45, 7) is 6.19. The number of hydrogen-bond acceptors (Lipinski definition) is 7. The number of nitrogens with zero attached hydrogens (tertiary/aromatic N) is 3. The molecule has 0 unspecified atom stereocenters. The number of sulfone groups is 1. The molecule has 1 aromatic heterocycles. The molecular weight excluding hydrogens is 549 g/mol. The lowest BCUT2D eigenvalue weighted by Gasteiger charge is -2.43. The molecule has 0 radical (unpaired) electrons. The average molecular weight is 592 g/mol. The number of benzene rings is 1. The van der Waals surface area contributed by atoms with Gasteiger partial charge in [0.15, 0.2) is 15.5 Å². The number of fused-ring (bicyclic) bond motifs is 1. The molecule has 41 heavy (non-hydrogen) atoms. The van der Waals surface area contributed by atoms with Crippen LogP contribution in [0.3, 0.4) is 0 Å². The Bertz CT molecular complexity index is 1390. The van der Waals surface area contributed by atoms with Crippen molar-refractivity contribution in [2.24, 2.45) is 5.92 Å². The van der Waals surface area contributed by atoms with E-state index in [1.54, 1.807) is 6.20 Å². The topological polar surface area (TPSA) is 108 Å². The summed E-state index contributed by atoms with van der Waals surface area (Å²) in [7, 11) is -3.33. The van der Waals surface area contributed by atoms with Crippen LogP contribution in [-0.2, 0) is 24.1 Å². The maximum Gasteiger partial charge on any atom is 0.435 e. The minimum atomic E-state index is -3.33. The van der Waals surface area contributed by atoms with Gasteiger partial charge in [-0.3, -0.25) is 4.79 Å². The molecule has 5 rings (SSSR count). The van der Waals surface area contributed by atoms with Gasteiger partial charge in [-0.25, -0.2) is 17.6 Å². The number of hydrogen-bond donors (Lipinski definition) is 0. The minimum absolute atomic E-state index is 0.00957. The van der Waals surface area contributed by atoms with Crippen LogP contribution in [0.4, 0.5) is 9.18 Å². The summed E-state index contributed by atoms with van der Waals surface area (Å²) in [5, 5.41) is 4.53. The number of rotatable bonds is 6. The second-order valence-electron chi connectivity index (χ2n) is 13.1. The molecule has 2 aliphatic carbocycles. The standard InChI is InChI=1S/C30H42FN3O6S/c1-29(2,3)40-28(36)34-25-11-8-21(16-22(25)17-32-34)20-6-9-24(10-7-20)39-19-23-18-33(15-12-26(23)41(4,37)38)27(35)30(31)13-5-14-30/h8,11,16-17,20,23-24,26H,5-7,9-10,12-15,18-19H2,1-4H3/t20?,23-,24?,26+/m1/s1. The van der Waals surface area contributed by atoms with Crippen molar-refractivity contribution < 1.29 is 31.9 Å². The third-order valence-electron chi connectivity index (χ3n) is 8.88. The molecular formula is C30H42FN3O6S. The summed E-state index contributed by atoms with van der Waals surface area (Å²) in [6.07, 6.45) is 7.48. The van der Waals surface area contributed by atoms with Crippen LogP contribution >= 0.6 is 0 Å². The molecule has 226 valence electrons. The summed E-state index contributed by atoms with van der Waals surface area (Å²) in [5.41, 5.74) is -0.493. The van der Waals surface area contributed by atoms with E-state index in [0.717, 1.165) is 31.1 Å². The Balaban J connectivity index is 1.17. The van der Waals surface area contributed by atoms with Gasteiger partial charge in [-0.15, -0.1) is 0 Å². The summed E-state index contributed by atoms with van der Waals surface area (Å²) < 4.78 is 52.9. The first-order valence-corrected chi connectivity index (χ1v) is 16.7. The maximum absolute atomic E-state index is 14.8. The highest BCUT2D eigenvalue weighted by molar-refractivity contribution is 7.91. The fourth-order valence-corrected chi connectivity index (χ4v) is 7.88. The fourth-order valence-electron chi connectivity index (χ4n) is 6.48. The zero-order valence-corrected chi connectivity index (χ0v) is 25.3. The zero-order chi connectivity index (χ0) is 29.6. The van der Waals surface area contributed by atoms with E-state index in [0.29, 0.717) is 24.3 Å². The van der Waals surface area contributed by atoms with Crippen LogP contribution in [0.2, 0.25) is 0 Å². The van der Waals surface area contributed by atoms with Crippen molar-refractivity contribution in [2.75, 3.05) is 26.0 Å². The van der Waals surface area contributed by atoms with Crippen molar-refractivity contribution in [2.45, 2.75) is 101 Å². The number of amides is 1. The number of alkyl halides is 1. The van der Waals surface area contributed by atoms with Gasteiger partial charge in [-0.2, -0.15) is 9.78 Å². The maximum atomic E-state index is 14.8. The number of ether oxygens (including phenoxy) is 2. The molecule has 2 saturated carbocycles. The first-order valence-electron chi connectivity index (χ1n) is 14.7. The number of aromatic nitrogens is 2. The summed E-state index contributed by atoms with van der Waals surface area (Å²) in [6, 6.07) is 6.04. The number of piperidine rings is 1. The monoisotopic (exact) mass is 591 g/mol. The van der Waals surface area contributed by atoms with E-state index in [-0.39, 0.29) is 44.6 Å². The summed E-state index contributed by atoms with van der Waals surface area (Å²) in [4.78, 5) is 26.8. The molecule has 1 aliphatic heterocycles. The van der Waals surface area contributed by atoms with Gasteiger partial charge < -0.3 is 14.4 Å². The Kier molecular flexibility index (Phi) is 8.24. The van der Waals surface area contributed by atoms with Gasteiger partial charge in [-0.05, 0) is 95.8 Å². The Morgan fingerprint density at radius 3 is 2.44 bits per heavy atom. The third kappa shape index (κ3) is 6.61. The first kappa shape index (κ1) is 29.9. The number of halogens is 1. The van der Waals surface area contributed by atoms with Crippen LogP contribution in [-0.4, -0.2) is 83.7 Å². The molecule has 11 heteroatoms. The fraction of sp³-hybridized carbons (Fsp3) is 0.700. The van der Waals surface area contributed by atoms with Crippen LogP contribution in [0.5, 0.6) is 0 Å². The second kappa shape index (κ2) is 11.3. The number of carbonyl (C=O) groups excluding carboxylic acids is 2. The highest BCUT2D eigenvalue weighted by Crippen LogP contribution is 2.39. The second-order valence-corrected chi connectivity index (χ2v) is 15.4. The van der Waals surface area contributed by atoms with Crippen molar-refractivity contribution in [3.63, 3.8) is 0 Å². The average Bonchev–Trinajstić information content (AvgIpc) is 3.32. The largest absolute Gasteiger partial charge is 0.442 e. The highest BCUT2D eigenvalue weighted by Gasteiger charge is 2.49. The lowest BCUT2D eigenvalue weighted by molar-refractivity contribution is -0.152. The molecule has 0 bridgehead atoms. The molecule has 1 aromatic carbocycles. The van der Waals surface area contributed by atoms with Crippen LogP contribution in [0.25, 0.3) is 10.9 Å². The molecule has 2 heterocycles. The normalized spacial score (nSPS) is 26.9. The first-order chi connectivity index (χ1) is 19.2. The van der Waals surface area contributed by atoms with Gasteiger partial charge in [0.05, 0.1) is 29.7 Å². The van der Waals surface area contributed by atoms with E-state index < -0.39 is 38.4 Å². The van der Waals surface area contributed by atoms with Gasteiger partial charge in [-0.1, -0.05) is 6.07 Å². The number of likely N-dealkylation sites (tertiary alicyclic amines) is 1. The van der Waals surface area contributed by atoms with E-state index >= 15 is 0 Å². The Labute approximate surface area is 241 Å². The van der Waals surface area contributed by atoms with E-state index in [2.05, 4.69) is 11.2 Å². The van der Waals surface area contributed by atoms with Crippen molar-refractivity contribution in [1.82, 2.24) is 14.7 Å². The number of carbonyl (C=O) groups is 2. The van der Waals surface area contributed by atoms with Gasteiger partial charge in [0, 0.05) is 30.6 Å². The molecule has 9 nitrogen and oxygen atoms in total. The van der Waals surface area contributed by atoms with Gasteiger partial charge in [0.1, 0.15) is 5.60 Å². The molecule has 2 atom stereocenters. The van der Waals surface area contributed by atoms with Gasteiger partial charge in [0.2, 0.25) is 0 Å². The van der Waals surface area contributed by atoms with E-state index in [1.807, 2.05) is 32.9 Å². The van der Waals surface area contributed by atoms with Crippen molar-refractivity contribution in [1.29, 1.82) is 0 Å². The molecule has 3 fully saturated rings. The van der Waals surface area contributed by atoms with E-state index in [4.69, 9.17) is 9.47 Å². The smallest absolute Gasteiger partial charge is 0.435 e. The minimum Gasteiger partial charge on any atom is -0.442 e. The van der Waals surface area contributed by atoms with Crippen LogP contribution in [0.15, 0.2) is 24.4 Å². The van der Waals surface area contributed by atoms with Crippen LogP contribution in [0.1, 0.15) is 83.6 Å². The van der Waals surface area contributed by atoms with Gasteiger partial charge in [0.25, 0.3) is 5.91 Å². The quantitative estimate of drug-likeness (QED) is 0.464. The molecule has 0 spiro atoms. The SMILES string of the molecule is CC(C)(C)OC(=O)n1ncc2cc(C3CCC(OC[C@H]4CN(C(=O)C5(F)CCC5)CC[C@@H]4S(C)(=O)=O)CC3)ccc21. The van der Waals surface area contributed by atoms with Crippen molar-refractivity contribution in [3.05, 3.63) is 30.0 Å². The van der Waals surface area contributed by atoms with Crippen LogP contribution in [0, 0.1) is 5.92 Å². The predicted octanol–water partition coefficient (Wildman–Crippen LogP) is 5.02. The summed E-state index contributed by atoms with van der Waals surface area (Å²) >= 11 is 0. The van der Waals surface area contributed by atoms with E-state index in [1.165, 1.54) is 21.4 Å².